The number of nitrogens with zero attached hydrogens (tertiary/aromatic N) is 1. The fourth-order valence-corrected chi connectivity index (χ4v) is 1.95. The van der Waals surface area contributed by atoms with Crippen LogP contribution in [0.3, 0.4) is 0 Å². The van der Waals surface area contributed by atoms with Gasteiger partial charge in [0.1, 0.15) is 5.82 Å². The molecule has 0 amide bonds. The molecule has 0 saturated heterocycles. The SMILES string of the molecule is CCOCCN(CCOCC)c1ccc(F)cc1C(=O)O. The molecule has 0 heterocycles. The van der Waals surface area contributed by atoms with Gasteiger partial charge in [-0.15, -0.1) is 0 Å². The lowest BCUT2D eigenvalue weighted by atomic mass is 10.1. The van der Waals surface area contributed by atoms with Gasteiger partial charge in [-0.2, -0.15) is 0 Å². The van der Waals surface area contributed by atoms with Crippen LogP contribution in [0.5, 0.6) is 0 Å². The molecule has 0 unspecified atom stereocenters. The Morgan fingerprint density at radius 3 is 2.24 bits per heavy atom. The van der Waals surface area contributed by atoms with Crippen LogP contribution in [-0.4, -0.2) is 50.6 Å². The quantitative estimate of drug-likeness (QED) is 0.672. The van der Waals surface area contributed by atoms with E-state index in [4.69, 9.17) is 9.47 Å². The van der Waals surface area contributed by atoms with Crippen LogP contribution in [0.25, 0.3) is 0 Å². The molecule has 118 valence electrons. The van der Waals surface area contributed by atoms with Crippen LogP contribution in [0.15, 0.2) is 18.2 Å². The summed E-state index contributed by atoms with van der Waals surface area (Å²) in [5.41, 5.74) is 0.423. The number of benzene rings is 1. The van der Waals surface area contributed by atoms with Gasteiger partial charge >= 0.3 is 5.97 Å². The lowest BCUT2D eigenvalue weighted by Gasteiger charge is -2.26. The number of ether oxygens (including phenoxy) is 2. The Morgan fingerprint density at radius 1 is 1.19 bits per heavy atom. The average molecular weight is 299 g/mol. The molecule has 0 bridgehead atoms. The third kappa shape index (κ3) is 5.69. The molecule has 1 aromatic rings. The minimum Gasteiger partial charge on any atom is -0.478 e. The van der Waals surface area contributed by atoms with E-state index in [0.29, 0.717) is 45.2 Å². The minimum absolute atomic E-state index is 0.0528. The monoisotopic (exact) mass is 299 g/mol. The van der Waals surface area contributed by atoms with Crippen LogP contribution in [-0.2, 0) is 9.47 Å². The topological polar surface area (TPSA) is 59.0 Å². The number of rotatable bonds is 10. The lowest BCUT2D eigenvalue weighted by molar-refractivity contribution is 0.0696. The Labute approximate surface area is 124 Å². The van der Waals surface area contributed by atoms with Crippen molar-refractivity contribution in [1.82, 2.24) is 0 Å². The molecule has 0 aliphatic heterocycles. The van der Waals surface area contributed by atoms with Crippen molar-refractivity contribution in [3.63, 3.8) is 0 Å². The Balaban J connectivity index is 2.91. The predicted molar refractivity (Wildman–Crippen MR) is 78.6 cm³/mol. The summed E-state index contributed by atoms with van der Waals surface area (Å²) in [6.45, 7) is 6.96. The van der Waals surface area contributed by atoms with Crippen molar-refractivity contribution in [3.05, 3.63) is 29.6 Å². The van der Waals surface area contributed by atoms with Gasteiger partial charge < -0.3 is 19.5 Å². The van der Waals surface area contributed by atoms with E-state index < -0.39 is 11.8 Å². The Kier molecular flexibility index (Phi) is 7.71. The average Bonchev–Trinajstić information content (AvgIpc) is 2.46. The third-order valence-corrected chi connectivity index (χ3v) is 2.95. The van der Waals surface area contributed by atoms with Gasteiger partial charge in [-0.25, -0.2) is 9.18 Å². The third-order valence-electron chi connectivity index (χ3n) is 2.95. The number of carboxylic acids is 1. The molecule has 5 nitrogen and oxygen atoms in total. The number of anilines is 1. The van der Waals surface area contributed by atoms with Crippen LogP contribution in [0.1, 0.15) is 24.2 Å². The standard InChI is InChI=1S/C15H22FNO4/c1-3-20-9-7-17(8-10-21-4-2)14-6-5-12(16)11-13(14)15(18)19/h5-6,11H,3-4,7-10H2,1-2H3,(H,18,19). The smallest absolute Gasteiger partial charge is 0.337 e. The van der Waals surface area contributed by atoms with E-state index in [2.05, 4.69) is 0 Å². The van der Waals surface area contributed by atoms with E-state index in [9.17, 15) is 14.3 Å². The fourth-order valence-electron chi connectivity index (χ4n) is 1.95. The van der Waals surface area contributed by atoms with E-state index in [1.165, 1.54) is 12.1 Å². The Morgan fingerprint density at radius 2 is 1.76 bits per heavy atom. The molecule has 1 aromatic carbocycles. The van der Waals surface area contributed by atoms with Crippen LogP contribution in [0.4, 0.5) is 10.1 Å². The number of carbonyl (C=O) groups is 1. The number of hydrogen-bond acceptors (Lipinski definition) is 4. The molecule has 0 spiro atoms. The number of hydrogen-bond donors (Lipinski definition) is 1. The predicted octanol–water partition coefficient (Wildman–Crippen LogP) is 2.40. The maximum absolute atomic E-state index is 13.3. The Hall–Kier alpha value is -1.66. The molecule has 6 heteroatoms. The highest BCUT2D eigenvalue weighted by molar-refractivity contribution is 5.94. The highest BCUT2D eigenvalue weighted by Gasteiger charge is 2.17. The van der Waals surface area contributed by atoms with Gasteiger partial charge in [-0.1, -0.05) is 0 Å². The molecule has 21 heavy (non-hydrogen) atoms. The van der Waals surface area contributed by atoms with Gasteiger partial charge in [0.15, 0.2) is 0 Å². The highest BCUT2D eigenvalue weighted by atomic mass is 19.1. The van der Waals surface area contributed by atoms with E-state index >= 15 is 0 Å². The molecule has 0 atom stereocenters. The van der Waals surface area contributed by atoms with Crippen molar-refractivity contribution >= 4 is 11.7 Å². The van der Waals surface area contributed by atoms with Crippen molar-refractivity contribution in [2.45, 2.75) is 13.8 Å². The molecule has 0 radical (unpaired) electrons. The van der Waals surface area contributed by atoms with Crippen molar-refractivity contribution in [2.24, 2.45) is 0 Å². The number of aromatic carboxylic acids is 1. The largest absolute Gasteiger partial charge is 0.478 e. The summed E-state index contributed by atoms with van der Waals surface area (Å²) in [6, 6.07) is 3.78. The molecule has 1 rings (SSSR count). The first-order valence-corrected chi connectivity index (χ1v) is 7.03. The van der Waals surface area contributed by atoms with Crippen LogP contribution < -0.4 is 4.90 Å². The lowest BCUT2D eigenvalue weighted by Crippen LogP contribution is -2.32. The summed E-state index contributed by atoms with van der Waals surface area (Å²) in [5.74, 6) is -1.71. The zero-order chi connectivity index (χ0) is 15.7. The maximum Gasteiger partial charge on any atom is 0.337 e. The minimum atomic E-state index is -1.15. The summed E-state index contributed by atoms with van der Waals surface area (Å²) in [4.78, 5) is 13.1. The van der Waals surface area contributed by atoms with Crippen molar-refractivity contribution in [1.29, 1.82) is 0 Å². The van der Waals surface area contributed by atoms with Gasteiger partial charge in [0.2, 0.25) is 0 Å². The van der Waals surface area contributed by atoms with Crippen molar-refractivity contribution in [2.75, 3.05) is 44.4 Å². The first-order valence-electron chi connectivity index (χ1n) is 7.03. The zero-order valence-electron chi connectivity index (χ0n) is 12.5. The van der Waals surface area contributed by atoms with E-state index in [1.54, 1.807) is 0 Å². The van der Waals surface area contributed by atoms with Crippen molar-refractivity contribution < 1.29 is 23.8 Å². The molecule has 0 aromatic heterocycles. The summed E-state index contributed by atoms with van der Waals surface area (Å²) >= 11 is 0. The molecule has 0 aliphatic rings. The maximum atomic E-state index is 13.3. The van der Waals surface area contributed by atoms with Gasteiger partial charge in [0.25, 0.3) is 0 Å². The zero-order valence-corrected chi connectivity index (χ0v) is 12.5. The molecular weight excluding hydrogens is 277 g/mol. The first kappa shape index (κ1) is 17.4. The van der Waals surface area contributed by atoms with Crippen LogP contribution in [0.2, 0.25) is 0 Å². The van der Waals surface area contributed by atoms with E-state index in [1.807, 2.05) is 18.7 Å². The first-order chi connectivity index (χ1) is 10.1. The van der Waals surface area contributed by atoms with Crippen LogP contribution in [0, 0.1) is 5.82 Å². The van der Waals surface area contributed by atoms with Gasteiger partial charge in [0.05, 0.1) is 24.5 Å². The normalized spacial score (nSPS) is 10.6. The molecule has 1 N–H and O–H groups in total. The molecule has 0 fully saturated rings. The summed E-state index contributed by atoms with van der Waals surface area (Å²) in [5, 5.41) is 9.23. The molecular formula is C15H22FNO4. The summed E-state index contributed by atoms with van der Waals surface area (Å²) in [6.07, 6.45) is 0. The second-order valence-corrected chi connectivity index (χ2v) is 4.35. The second kappa shape index (κ2) is 9.31. The van der Waals surface area contributed by atoms with Gasteiger partial charge in [0, 0.05) is 26.3 Å². The highest BCUT2D eigenvalue weighted by Crippen LogP contribution is 2.21. The van der Waals surface area contributed by atoms with Crippen molar-refractivity contribution in [3.8, 4) is 0 Å². The van der Waals surface area contributed by atoms with E-state index in [-0.39, 0.29) is 5.56 Å². The van der Waals surface area contributed by atoms with E-state index in [0.717, 1.165) is 6.07 Å². The van der Waals surface area contributed by atoms with Gasteiger partial charge in [-0.3, -0.25) is 0 Å². The van der Waals surface area contributed by atoms with Gasteiger partial charge in [-0.05, 0) is 32.0 Å². The number of halogens is 1. The summed E-state index contributed by atoms with van der Waals surface area (Å²) in [7, 11) is 0. The fraction of sp³-hybridized carbons (Fsp3) is 0.533. The molecule has 0 aliphatic carbocycles. The second-order valence-electron chi connectivity index (χ2n) is 4.35. The Bertz CT molecular complexity index is 443. The number of carboxylic acid groups (broad SMARTS) is 1. The van der Waals surface area contributed by atoms with Crippen LogP contribution >= 0.6 is 0 Å². The summed E-state index contributed by atoms with van der Waals surface area (Å²) < 4.78 is 23.9. The molecule has 0 saturated carbocycles.